The first kappa shape index (κ1) is 19.2. The molecule has 2 aliphatic rings. The van der Waals surface area contributed by atoms with Crippen LogP contribution in [0.3, 0.4) is 0 Å². The lowest BCUT2D eigenvalue weighted by Gasteiger charge is -2.37. The minimum absolute atomic E-state index is 0.168. The van der Waals surface area contributed by atoms with Gasteiger partial charge in [-0.15, -0.1) is 0 Å². The molecule has 0 amide bonds. The van der Waals surface area contributed by atoms with Crippen molar-refractivity contribution in [3.8, 4) is 0 Å². The highest BCUT2D eigenvalue weighted by molar-refractivity contribution is 5.09. The Morgan fingerprint density at radius 3 is 2.38 bits per heavy atom. The van der Waals surface area contributed by atoms with Crippen LogP contribution in [0.15, 0.2) is 15.8 Å². The molecule has 146 valence electrons. The van der Waals surface area contributed by atoms with E-state index in [1.165, 1.54) is 13.1 Å². The maximum atomic E-state index is 12.4. The first-order chi connectivity index (χ1) is 12.2. The molecule has 1 aromatic rings. The molecule has 2 saturated heterocycles. The van der Waals surface area contributed by atoms with E-state index in [4.69, 9.17) is 9.47 Å². The number of aliphatic hydroxyl groups excluding tert-OH is 5. The SMILES string of the molecule is Cc1cn([C@@]2(C3O[C@H](CO)[C@@H](O)[C@@H]3O)C[C@H](O)[C@@H](CO)O2)c(=O)[nH]c1=O. The second-order valence-corrected chi connectivity index (χ2v) is 6.66. The number of aromatic amines is 1. The van der Waals surface area contributed by atoms with Crippen molar-refractivity contribution in [2.45, 2.75) is 55.7 Å². The van der Waals surface area contributed by atoms with Crippen LogP contribution in [0.4, 0.5) is 0 Å². The minimum atomic E-state index is -1.80. The molecule has 1 aromatic heterocycles. The van der Waals surface area contributed by atoms with Crippen molar-refractivity contribution in [3.63, 3.8) is 0 Å². The number of H-pyrrole nitrogens is 1. The fraction of sp³-hybridized carbons (Fsp3) is 0.733. The van der Waals surface area contributed by atoms with E-state index in [-0.39, 0.29) is 12.0 Å². The van der Waals surface area contributed by atoms with Gasteiger partial charge in [0.25, 0.3) is 5.56 Å². The van der Waals surface area contributed by atoms with E-state index < -0.39 is 66.8 Å². The van der Waals surface area contributed by atoms with Gasteiger partial charge in [-0.2, -0.15) is 0 Å². The average molecular weight is 374 g/mol. The predicted octanol–water partition coefficient (Wildman–Crippen LogP) is -3.88. The molecule has 6 N–H and O–H groups in total. The van der Waals surface area contributed by atoms with E-state index in [9.17, 15) is 35.1 Å². The lowest BCUT2D eigenvalue weighted by molar-refractivity contribution is -0.208. The van der Waals surface area contributed by atoms with Crippen molar-refractivity contribution in [1.82, 2.24) is 9.55 Å². The standard InChI is InChI=1S/C15H22N2O9/c1-6-3-17(14(24)16-13(6)23)15(2-7(20)8(4-18)26-15)12-11(22)10(21)9(5-19)25-12/h3,7-12,18-22H,2,4-5H2,1H3,(H,16,23,24)/t7-,8+,9+,10+,11-,12?,15-/m0/s1. The quantitative estimate of drug-likeness (QED) is 0.308. The van der Waals surface area contributed by atoms with Crippen molar-refractivity contribution < 1.29 is 35.0 Å². The summed E-state index contributed by atoms with van der Waals surface area (Å²) in [6.45, 7) is 0.305. The van der Waals surface area contributed by atoms with Crippen LogP contribution in [0.5, 0.6) is 0 Å². The zero-order valence-electron chi connectivity index (χ0n) is 14.0. The summed E-state index contributed by atoms with van der Waals surface area (Å²) in [5, 5.41) is 49.4. The van der Waals surface area contributed by atoms with Crippen LogP contribution in [-0.4, -0.2) is 84.9 Å². The molecular weight excluding hydrogens is 352 g/mol. The van der Waals surface area contributed by atoms with Gasteiger partial charge in [0.05, 0.1) is 19.3 Å². The summed E-state index contributed by atoms with van der Waals surface area (Å²) < 4.78 is 12.2. The summed E-state index contributed by atoms with van der Waals surface area (Å²) in [7, 11) is 0. The Morgan fingerprint density at radius 1 is 1.19 bits per heavy atom. The highest BCUT2D eigenvalue weighted by atomic mass is 16.6. The number of hydrogen-bond donors (Lipinski definition) is 6. The molecule has 0 aromatic carbocycles. The van der Waals surface area contributed by atoms with Crippen LogP contribution in [0.2, 0.25) is 0 Å². The van der Waals surface area contributed by atoms with Crippen LogP contribution in [-0.2, 0) is 15.2 Å². The summed E-state index contributed by atoms with van der Waals surface area (Å²) >= 11 is 0. The Balaban J connectivity index is 2.15. The molecule has 1 unspecified atom stereocenters. The monoisotopic (exact) mass is 374 g/mol. The van der Waals surface area contributed by atoms with E-state index in [0.29, 0.717) is 0 Å². The minimum Gasteiger partial charge on any atom is -0.394 e. The molecule has 2 fully saturated rings. The first-order valence-electron chi connectivity index (χ1n) is 8.17. The number of nitrogens with one attached hydrogen (secondary N) is 1. The third kappa shape index (κ3) is 2.81. The van der Waals surface area contributed by atoms with Crippen LogP contribution < -0.4 is 11.2 Å². The van der Waals surface area contributed by atoms with Gasteiger partial charge in [0.15, 0.2) is 5.72 Å². The second-order valence-electron chi connectivity index (χ2n) is 6.66. The third-order valence-corrected chi connectivity index (χ3v) is 4.98. The fourth-order valence-electron chi connectivity index (χ4n) is 3.57. The normalized spacial score (nSPS) is 40.2. The number of hydrogen-bond acceptors (Lipinski definition) is 9. The molecule has 0 saturated carbocycles. The van der Waals surface area contributed by atoms with Crippen LogP contribution in [0, 0.1) is 6.92 Å². The van der Waals surface area contributed by atoms with Crippen molar-refractivity contribution in [2.24, 2.45) is 0 Å². The summed E-state index contributed by atoms with van der Waals surface area (Å²) in [5.74, 6) is 0. The van der Waals surface area contributed by atoms with E-state index in [2.05, 4.69) is 4.98 Å². The number of aromatic nitrogens is 2. The lowest BCUT2D eigenvalue weighted by Crippen LogP contribution is -2.56. The van der Waals surface area contributed by atoms with Gasteiger partial charge in [-0.3, -0.25) is 14.3 Å². The maximum absolute atomic E-state index is 12.4. The van der Waals surface area contributed by atoms with E-state index >= 15 is 0 Å². The van der Waals surface area contributed by atoms with Gasteiger partial charge in [-0.25, -0.2) is 4.79 Å². The van der Waals surface area contributed by atoms with Gasteiger partial charge in [-0.1, -0.05) is 0 Å². The van der Waals surface area contributed by atoms with E-state index in [1.54, 1.807) is 0 Å². The summed E-state index contributed by atoms with van der Waals surface area (Å²) in [6, 6.07) is 0. The largest absolute Gasteiger partial charge is 0.394 e. The zero-order chi connectivity index (χ0) is 19.2. The molecule has 2 aliphatic heterocycles. The van der Waals surface area contributed by atoms with Crippen molar-refractivity contribution in [1.29, 1.82) is 0 Å². The van der Waals surface area contributed by atoms with Crippen LogP contribution in [0.1, 0.15) is 12.0 Å². The van der Waals surface area contributed by atoms with E-state index in [0.717, 1.165) is 4.57 Å². The van der Waals surface area contributed by atoms with Crippen molar-refractivity contribution in [3.05, 3.63) is 32.6 Å². The van der Waals surface area contributed by atoms with Gasteiger partial charge in [0.1, 0.15) is 30.5 Å². The summed E-state index contributed by atoms with van der Waals surface area (Å²) in [5.41, 5.74) is -3.12. The molecule has 11 nitrogen and oxygen atoms in total. The number of nitrogens with zero attached hydrogens (tertiary/aromatic N) is 1. The Hall–Kier alpha value is -1.60. The van der Waals surface area contributed by atoms with Gasteiger partial charge in [-0.05, 0) is 6.92 Å². The summed E-state index contributed by atoms with van der Waals surface area (Å²) in [6.07, 6.45) is -6.79. The zero-order valence-corrected chi connectivity index (χ0v) is 14.0. The van der Waals surface area contributed by atoms with Gasteiger partial charge in [0.2, 0.25) is 0 Å². The Kier molecular flexibility index (Phi) is 5.05. The van der Waals surface area contributed by atoms with Gasteiger partial charge < -0.3 is 35.0 Å². The van der Waals surface area contributed by atoms with E-state index in [1.807, 2.05) is 0 Å². The molecule has 3 rings (SSSR count). The third-order valence-electron chi connectivity index (χ3n) is 4.98. The topological polar surface area (TPSA) is 174 Å². The van der Waals surface area contributed by atoms with Crippen molar-refractivity contribution in [2.75, 3.05) is 13.2 Å². The first-order valence-corrected chi connectivity index (χ1v) is 8.17. The lowest BCUT2D eigenvalue weighted by atomic mass is 9.94. The Morgan fingerprint density at radius 2 is 1.85 bits per heavy atom. The molecule has 3 heterocycles. The number of rotatable bonds is 4. The Labute approximate surface area is 147 Å². The molecule has 0 bridgehead atoms. The van der Waals surface area contributed by atoms with Gasteiger partial charge in [0, 0.05) is 18.2 Å². The average Bonchev–Trinajstić information content (AvgIpc) is 3.09. The predicted molar refractivity (Wildman–Crippen MR) is 84.4 cm³/mol. The Bertz CT molecular complexity index is 777. The second kappa shape index (κ2) is 6.85. The smallest absolute Gasteiger partial charge is 0.330 e. The van der Waals surface area contributed by atoms with Crippen LogP contribution in [0.25, 0.3) is 0 Å². The van der Waals surface area contributed by atoms with Crippen molar-refractivity contribution >= 4 is 0 Å². The molecule has 11 heteroatoms. The summed E-state index contributed by atoms with van der Waals surface area (Å²) in [4.78, 5) is 26.2. The van der Waals surface area contributed by atoms with Crippen LogP contribution >= 0.6 is 0 Å². The highest BCUT2D eigenvalue weighted by Gasteiger charge is 2.60. The highest BCUT2D eigenvalue weighted by Crippen LogP contribution is 2.43. The molecule has 26 heavy (non-hydrogen) atoms. The number of aryl methyl sites for hydroxylation is 1. The molecule has 0 radical (unpaired) electrons. The fourth-order valence-corrected chi connectivity index (χ4v) is 3.57. The molecule has 0 spiro atoms. The molecule has 7 atom stereocenters. The molecular formula is C15H22N2O9. The maximum Gasteiger partial charge on any atom is 0.330 e. The van der Waals surface area contributed by atoms with Gasteiger partial charge >= 0.3 is 5.69 Å². The molecule has 0 aliphatic carbocycles. The number of aliphatic hydroxyl groups is 5. The number of ether oxygens (including phenoxy) is 2.